The third-order valence-electron chi connectivity index (χ3n) is 4.77. The Balaban J connectivity index is 2.39. The SMILES string of the molecule is CO[C@@]1(c2cccc(OS(=O)(=O)C(F)(F)F)c2)CCCC[C@H]1CN(C)C. The van der Waals surface area contributed by atoms with E-state index in [-0.39, 0.29) is 11.7 Å². The fourth-order valence-corrected chi connectivity index (χ4v) is 4.10. The van der Waals surface area contributed by atoms with Gasteiger partial charge in [-0.2, -0.15) is 21.6 Å². The van der Waals surface area contributed by atoms with Crippen LogP contribution in [0, 0.1) is 5.92 Å². The molecular weight excluding hydrogens is 371 g/mol. The first-order valence-corrected chi connectivity index (χ1v) is 9.74. The van der Waals surface area contributed by atoms with Crippen molar-refractivity contribution >= 4 is 10.1 Å². The van der Waals surface area contributed by atoms with Gasteiger partial charge in [0.2, 0.25) is 0 Å². The zero-order chi connectivity index (χ0) is 19.6. The molecule has 1 aromatic rings. The number of rotatable bonds is 6. The molecule has 1 aromatic carbocycles. The van der Waals surface area contributed by atoms with E-state index in [2.05, 4.69) is 4.18 Å². The van der Waals surface area contributed by atoms with E-state index in [9.17, 15) is 21.6 Å². The highest BCUT2D eigenvalue weighted by atomic mass is 32.2. The van der Waals surface area contributed by atoms with Gasteiger partial charge in [0.25, 0.3) is 0 Å². The Morgan fingerprint density at radius 1 is 1.27 bits per heavy atom. The largest absolute Gasteiger partial charge is 0.534 e. The van der Waals surface area contributed by atoms with Gasteiger partial charge in [0.15, 0.2) is 0 Å². The Hall–Kier alpha value is -1.32. The second-order valence-corrected chi connectivity index (χ2v) is 8.35. The molecule has 0 unspecified atom stereocenters. The minimum absolute atomic E-state index is 0.130. The van der Waals surface area contributed by atoms with Crippen molar-refractivity contribution in [2.24, 2.45) is 5.92 Å². The number of benzene rings is 1. The van der Waals surface area contributed by atoms with E-state index in [0.717, 1.165) is 25.8 Å². The van der Waals surface area contributed by atoms with Gasteiger partial charge >= 0.3 is 15.6 Å². The molecule has 1 saturated carbocycles. The number of alkyl halides is 3. The molecule has 0 N–H and O–H groups in total. The predicted octanol–water partition coefficient (Wildman–Crippen LogP) is 3.51. The van der Waals surface area contributed by atoms with E-state index in [1.165, 1.54) is 18.2 Å². The number of hydrogen-bond donors (Lipinski definition) is 0. The maximum atomic E-state index is 12.6. The molecule has 0 aromatic heterocycles. The summed E-state index contributed by atoms with van der Waals surface area (Å²) in [5.41, 5.74) is -5.54. The summed E-state index contributed by atoms with van der Waals surface area (Å²) < 4.78 is 70.5. The van der Waals surface area contributed by atoms with Gasteiger partial charge in [0.1, 0.15) is 5.75 Å². The molecule has 0 heterocycles. The molecule has 26 heavy (non-hydrogen) atoms. The molecule has 9 heteroatoms. The van der Waals surface area contributed by atoms with Crippen molar-refractivity contribution in [1.82, 2.24) is 4.90 Å². The molecule has 2 rings (SSSR count). The summed E-state index contributed by atoms with van der Waals surface area (Å²) in [6.07, 6.45) is 3.58. The van der Waals surface area contributed by atoms with Crippen LogP contribution in [0.1, 0.15) is 31.2 Å². The summed E-state index contributed by atoms with van der Waals surface area (Å²) in [7, 11) is -0.231. The van der Waals surface area contributed by atoms with Gasteiger partial charge in [-0.25, -0.2) is 0 Å². The molecule has 0 radical (unpaired) electrons. The van der Waals surface area contributed by atoms with Crippen LogP contribution in [0.2, 0.25) is 0 Å². The van der Waals surface area contributed by atoms with Gasteiger partial charge in [-0.3, -0.25) is 0 Å². The van der Waals surface area contributed by atoms with Crippen LogP contribution in [-0.4, -0.2) is 46.6 Å². The summed E-state index contributed by atoms with van der Waals surface area (Å²) in [5.74, 6) is -0.240. The minimum Gasteiger partial charge on any atom is -0.376 e. The van der Waals surface area contributed by atoms with Gasteiger partial charge in [0, 0.05) is 19.6 Å². The monoisotopic (exact) mass is 395 g/mol. The molecule has 0 aliphatic heterocycles. The van der Waals surface area contributed by atoms with Crippen LogP contribution >= 0.6 is 0 Å². The molecular formula is C17H24F3NO4S. The Morgan fingerprint density at radius 3 is 2.54 bits per heavy atom. The van der Waals surface area contributed by atoms with E-state index >= 15 is 0 Å². The fraction of sp³-hybridized carbons (Fsp3) is 0.647. The van der Waals surface area contributed by atoms with Crippen LogP contribution in [-0.2, 0) is 20.5 Å². The van der Waals surface area contributed by atoms with Gasteiger partial charge in [-0.1, -0.05) is 25.0 Å². The Kier molecular flexibility index (Phi) is 6.24. The summed E-state index contributed by atoms with van der Waals surface area (Å²) in [6.45, 7) is 0.750. The lowest BCUT2D eigenvalue weighted by Crippen LogP contribution is -2.44. The van der Waals surface area contributed by atoms with Crippen molar-refractivity contribution < 1.29 is 30.5 Å². The Bertz CT molecular complexity index is 721. The maximum absolute atomic E-state index is 12.6. The Morgan fingerprint density at radius 2 is 1.96 bits per heavy atom. The van der Waals surface area contributed by atoms with Crippen LogP contribution in [0.3, 0.4) is 0 Å². The highest BCUT2D eigenvalue weighted by molar-refractivity contribution is 7.88. The third kappa shape index (κ3) is 4.32. The normalized spacial score (nSPS) is 24.7. The van der Waals surface area contributed by atoms with E-state index in [0.29, 0.717) is 12.0 Å². The van der Waals surface area contributed by atoms with Crippen molar-refractivity contribution in [2.75, 3.05) is 27.7 Å². The second-order valence-electron chi connectivity index (χ2n) is 6.81. The summed E-state index contributed by atoms with van der Waals surface area (Å²) in [5, 5.41) is 0. The number of nitrogens with zero attached hydrogens (tertiary/aromatic N) is 1. The van der Waals surface area contributed by atoms with E-state index < -0.39 is 21.2 Å². The predicted molar refractivity (Wildman–Crippen MR) is 91.2 cm³/mol. The highest BCUT2D eigenvalue weighted by Crippen LogP contribution is 2.45. The van der Waals surface area contributed by atoms with E-state index in [1.807, 2.05) is 19.0 Å². The number of methoxy groups -OCH3 is 1. The van der Waals surface area contributed by atoms with Crippen LogP contribution in [0.5, 0.6) is 5.75 Å². The van der Waals surface area contributed by atoms with Gasteiger partial charge in [-0.05, 0) is 44.6 Å². The van der Waals surface area contributed by atoms with E-state index in [4.69, 9.17) is 4.74 Å². The minimum atomic E-state index is -5.71. The van der Waals surface area contributed by atoms with Crippen molar-refractivity contribution in [3.05, 3.63) is 29.8 Å². The van der Waals surface area contributed by atoms with Crippen molar-refractivity contribution in [1.29, 1.82) is 0 Å². The molecule has 0 saturated heterocycles. The molecule has 0 amide bonds. The quantitative estimate of drug-likeness (QED) is 0.545. The topological polar surface area (TPSA) is 55.8 Å². The number of halogens is 3. The molecule has 5 nitrogen and oxygen atoms in total. The summed E-state index contributed by atoms with van der Waals surface area (Å²) in [4.78, 5) is 2.04. The Labute approximate surface area is 152 Å². The zero-order valence-corrected chi connectivity index (χ0v) is 15.9. The van der Waals surface area contributed by atoms with Crippen LogP contribution < -0.4 is 4.18 Å². The fourth-order valence-electron chi connectivity index (χ4n) is 3.65. The third-order valence-corrected chi connectivity index (χ3v) is 5.75. The standard InChI is InChI=1S/C17H24F3NO4S/c1-21(2)12-14-7-4-5-10-16(14,24-3)13-8-6-9-15(11-13)25-26(22,23)17(18,19)20/h6,8-9,11,14H,4-5,7,10,12H2,1-3H3/t14-,16+/m0/s1. The lowest BCUT2D eigenvalue weighted by molar-refractivity contribution is -0.0952. The van der Waals surface area contributed by atoms with Crippen molar-refractivity contribution in [2.45, 2.75) is 36.8 Å². The van der Waals surface area contributed by atoms with Crippen LogP contribution in [0.25, 0.3) is 0 Å². The molecule has 1 aliphatic rings. The summed E-state index contributed by atoms with van der Waals surface area (Å²) >= 11 is 0. The lowest BCUT2D eigenvalue weighted by Gasteiger charge is -2.44. The zero-order valence-electron chi connectivity index (χ0n) is 15.0. The van der Waals surface area contributed by atoms with Gasteiger partial charge in [0.05, 0.1) is 5.60 Å². The molecule has 0 bridgehead atoms. The average Bonchev–Trinajstić information content (AvgIpc) is 2.54. The molecule has 2 atom stereocenters. The molecule has 148 valence electrons. The average molecular weight is 395 g/mol. The van der Waals surface area contributed by atoms with Crippen molar-refractivity contribution in [3.63, 3.8) is 0 Å². The van der Waals surface area contributed by atoms with Gasteiger partial charge in [-0.15, -0.1) is 0 Å². The second kappa shape index (κ2) is 7.74. The molecule has 1 fully saturated rings. The smallest absolute Gasteiger partial charge is 0.376 e. The van der Waals surface area contributed by atoms with Crippen LogP contribution in [0.4, 0.5) is 13.2 Å². The summed E-state index contributed by atoms with van der Waals surface area (Å²) in [6, 6.07) is 5.75. The molecule has 0 spiro atoms. The first kappa shape index (κ1) is 21.0. The lowest BCUT2D eigenvalue weighted by atomic mass is 9.71. The maximum Gasteiger partial charge on any atom is 0.534 e. The first-order chi connectivity index (χ1) is 12.0. The highest BCUT2D eigenvalue weighted by Gasteiger charge is 2.49. The van der Waals surface area contributed by atoms with E-state index in [1.54, 1.807) is 13.2 Å². The van der Waals surface area contributed by atoms with Crippen molar-refractivity contribution in [3.8, 4) is 5.75 Å². The van der Waals surface area contributed by atoms with Crippen LogP contribution in [0.15, 0.2) is 24.3 Å². The molecule has 1 aliphatic carbocycles. The number of ether oxygens (including phenoxy) is 1. The number of hydrogen-bond acceptors (Lipinski definition) is 5. The van der Waals surface area contributed by atoms with Gasteiger partial charge < -0.3 is 13.8 Å². The first-order valence-electron chi connectivity index (χ1n) is 8.33.